The highest BCUT2D eigenvalue weighted by Gasteiger charge is 2.65. The van der Waals surface area contributed by atoms with Crippen molar-refractivity contribution in [1.82, 2.24) is 9.97 Å². The van der Waals surface area contributed by atoms with Crippen molar-refractivity contribution in [2.75, 3.05) is 5.32 Å². The first-order valence-corrected chi connectivity index (χ1v) is 6.07. The highest BCUT2D eigenvalue weighted by atomic mass is 19.1. The van der Waals surface area contributed by atoms with Crippen molar-refractivity contribution in [1.29, 1.82) is 0 Å². The van der Waals surface area contributed by atoms with Gasteiger partial charge >= 0.3 is 0 Å². The average molecular weight is 219 g/mol. The van der Waals surface area contributed by atoms with E-state index in [9.17, 15) is 4.39 Å². The molecule has 2 bridgehead atoms. The highest BCUT2D eigenvalue weighted by molar-refractivity contribution is 5.39. The van der Waals surface area contributed by atoms with Crippen LogP contribution in [0.1, 0.15) is 19.3 Å². The maximum atomic E-state index is 12.9. The van der Waals surface area contributed by atoms with E-state index >= 15 is 0 Å². The van der Waals surface area contributed by atoms with Gasteiger partial charge in [0.15, 0.2) is 0 Å². The zero-order valence-corrected chi connectivity index (χ0v) is 8.94. The van der Waals surface area contributed by atoms with Gasteiger partial charge in [0.05, 0.1) is 0 Å². The first kappa shape index (κ1) is 8.90. The first-order chi connectivity index (χ1) is 7.83. The third-order valence-electron chi connectivity index (χ3n) is 4.68. The fourth-order valence-electron chi connectivity index (χ4n) is 4.10. The van der Waals surface area contributed by atoms with Crippen LogP contribution in [-0.2, 0) is 0 Å². The van der Waals surface area contributed by atoms with Gasteiger partial charge < -0.3 is 5.32 Å². The predicted octanol–water partition coefficient (Wildman–Crippen LogP) is 2.07. The fraction of sp³-hybridized carbons (Fsp3) is 0.667. The fourth-order valence-corrected chi connectivity index (χ4v) is 4.10. The Kier molecular flexibility index (Phi) is 1.63. The van der Waals surface area contributed by atoms with E-state index in [1.807, 2.05) is 0 Å². The molecule has 4 heteroatoms. The molecule has 0 spiro atoms. The molecular formula is C12H14FN3. The van der Waals surface area contributed by atoms with Crippen molar-refractivity contribution in [3.63, 3.8) is 0 Å². The zero-order chi connectivity index (χ0) is 10.7. The van der Waals surface area contributed by atoms with Crippen molar-refractivity contribution < 1.29 is 4.39 Å². The van der Waals surface area contributed by atoms with Crippen LogP contribution in [0.4, 0.5) is 10.2 Å². The van der Waals surface area contributed by atoms with Gasteiger partial charge in [-0.25, -0.2) is 9.97 Å². The Bertz CT molecular complexity index is 420. The minimum absolute atomic E-state index is 0.453. The van der Waals surface area contributed by atoms with Crippen LogP contribution in [-0.4, -0.2) is 16.0 Å². The molecule has 3 fully saturated rings. The molecule has 1 heterocycles. The summed E-state index contributed by atoms with van der Waals surface area (Å²) in [5.41, 5.74) is 0. The van der Waals surface area contributed by atoms with Gasteiger partial charge in [-0.2, -0.15) is 4.39 Å². The molecule has 4 rings (SSSR count). The monoisotopic (exact) mass is 219 g/mol. The van der Waals surface area contributed by atoms with Crippen molar-refractivity contribution in [2.45, 2.75) is 25.3 Å². The molecule has 3 aliphatic carbocycles. The summed E-state index contributed by atoms with van der Waals surface area (Å²) >= 11 is 0. The van der Waals surface area contributed by atoms with Crippen LogP contribution in [0.2, 0.25) is 0 Å². The van der Waals surface area contributed by atoms with Gasteiger partial charge in [0, 0.05) is 12.1 Å². The van der Waals surface area contributed by atoms with Gasteiger partial charge in [-0.05, 0) is 42.9 Å². The maximum absolute atomic E-state index is 12.9. The normalized spacial score (nSPS) is 43.2. The van der Waals surface area contributed by atoms with E-state index in [4.69, 9.17) is 0 Å². The van der Waals surface area contributed by atoms with Crippen LogP contribution in [0.15, 0.2) is 12.4 Å². The Hall–Kier alpha value is -1.19. The lowest BCUT2D eigenvalue weighted by Gasteiger charge is -2.10. The molecule has 0 amide bonds. The van der Waals surface area contributed by atoms with Crippen molar-refractivity contribution >= 4 is 5.82 Å². The van der Waals surface area contributed by atoms with Crippen molar-refractivity contribution in [2.24, 2.45) is 23.7 Å². The van der Waals surface area contributed by atoms with Gasteiger partial charge in [0.1, 0.15) is 12.1 Å². The number of hydrogen-bond acceptors (Lipinski definition) is 3. The molecule has 1 aromatic rings. The predicted molar refractivity (Wildman–Crippen MR) is 57.2 cm³/mol. The number of rotatable bonds is 2. The molecule has 0 radical (unpaired) electrons. The molecule has 3 aliphatic rings. The van der Waals surface area contributed by atoms with Gasteiger partial charge in [-0.15, -0.1) is 0 Å². The molecule has 4 atom stereocenters. The molecule has 1 aromatic heterocycles. The molecule has 3 saturated carbocycles. The van der Waals surface area contributed by atoms with E-state index in [0.717, 1.165) is 23.7 Å². The third-order valence-corrected chi connectivity index (χ3v) is 4.68. The summed E-state index contributed by atoms with van der Waals surface area (Å²) in [5.74, 6) is 3.74. The van der Waals surface area contributed by atoms with E-state index in [0.29, 0.717) is 11.9 Å². The minimum atomic E-state index is -0.453. The summed E-state index contributed by atoms with van der Waals surface area (Å²) in [4.78, 5) is 7.52. The molecule has 3 nitrogen and oxygen atoms in total. The second kappa shape index (κ2) is 2.93. The second-order valence-electron chi connectivity index (χ2n) is 5.38. The lowest BCUT2D eigenvalue weighted by Crippen LogP contribution is -2.13. The van der Waals surface area contributed by atoms with E-state index in [2.05, 4.69) is 15.3 Å². The SMILES string of the molecule is Fc1cc(NC2C3C4CCC(C4)C23)ncn1. The number of halogens is 1. The molecule has 0 saturated heterocycles. The summed E-state index contributed by atoms with van der Waals surface area (Å²) in [5, 5.41) is 3.37. The summed E-state index contributed by atoms with van der Waals surface area (Å²) < 4.78 is 12.9. The number of nitrogens with one attached hydrogen (secondary N) is 1. The standard InChI is InChI=1S/C12H14FN3/c13-8-4-9(15-5-14-8)16-12-10-6-1-2-7(3-6)11(10)12/h4-7,10-12H,1-3H2,(H,14,15,16). The van der Waals surface area contributed by atoms with Gasteiger partial charge in [0.2, 0.25) is 5.95 Å². The van der Waals surface area contributed by atoms with E-state index < -0.39 is 5.95 Å². The second-order valence-corrected chi connectivity index (χ2v) is 5.38. The van der Waals surface area contributed by atoms with E-state index in [-0.39, 0.29) is 0 Å². The number of aromatic nitrogens is 2. The van der Waals surface area contributed by atoms with Crippen molar-refractivity contribution in [3.05, 3.63) is 18.3 Å². The smallest absolute Gasteiger partial charge is 0.217 e. The number of nitrogens with zero attached hydrogens (tertiary/aromatic N) is 2. The van der Waals surface area contributed by atoms with Gasteiger partial charge in [0.25, 0.3) is 0 Å². The molecule has 1 N–H and O–H groups in total. The Balaban J connectivity index is 1.51. The summed E-state index contributed by atoms with van der Waals surface area (Å²) in [7, 11) is 0. The molecule has 0 aliphatic heterocycles. The van der Waals surface area contributed by atoms with Crippen LogP contribution in [0.3, 0.4) is 0 Å². The minimum Gasteiger partial charge on any atom is -0.367 e. The molecular weight excluding hydrogens is 205 g/mol. The number of anilines is 1. The van der Waals surface area contributed by atoms with Crippen LogP contribution >= 0.6 is 0 Å². The maximum Gasteiger partial charge on any atom is 0.217 e. The topological polar surface area (TPSA) is 37.8 Å². The van der Waals surface area contributed by atoms with Crippen LogP contribution in [0.5, 0.6) is 0 Å². The molecule has 4 unspecified atom stereocenters. The van der Waals surface area contributed by atoms with Crippen LogP contribution in [0.25, 0.3) is 0 Å². The Morgan fingerprint density at radius 2 is 1.94 bits per heavy atom. The molecule has 16 heavy (non-hydrogen) atoms. The lowest BCUT2D eigenvalue weighted by atomic mass is 10.0. The van der Waals surface area contributed by atoms with Gasteiger partial charge in [-0.3, -0.25) is 0 Å². The van der Waals surface area contributed by atoms with E-state index in [1.54, 1.807) is 0 Å². The number of hydrogen-bond donors (Lipinski definition) is 1. The summed E-state index contributed by atoms with van der Waals surface area (Å²) in [6.45, 7) is 0. The first-order valence-electron chi connectivity index (χ1n) is 6.07. The highest BCUT2D eigenvalue weighted by Crippen LogP contribution is 2.66. The average Bonchev–Trinajstić information content (AvgIpc) is 2.70. The third kappa shape index (κ3) is 1.13. The Morgan fingerprint density at radius 1 is 1.19 bits per heavy atom. The van der Waals surface area contributed by atoms with Crippen molar-refractivity contribution in [3.8, 4) is 0 Å². The zero-order valence-electron chi connectivity index (χ0n) is 8.94. The number of fused-ring (bicyclic) bond motifs is 5. The van der Waals surface area contributed by atoms with Crippen LogP contribution < -0.4 is 5.32 Å². The van der Waals surface area contributed by atoms with Crippen LogP contribution in [0, 0.1) is 29.6 Å². The van der Waals surface area contributed by atoms with Gasteiger partial charge in [-0.1, -0.05) is 0 Å². The largest absolute Gasteiger partial charge is 0.367 e. The quantitative estimate of drug-likeness (QED) is 0.774. The summed E-state index contributed by atoms with van der Waals surface area (Å²) in [6.07, 6.45) is 5.53. The molecule has 0 aromatic carbocycles. The molecule has 84 valence electrons. The summed E-state index contributed by atoms with van der Waals surface area (Å²) in [6, 6.07) is 1.94. The lowest BCUT2D eigenvalue weighted by molar-refractivity contribution is 0.456. The Morgan fingerprint density at radius 3 is 2.62 bits per heavy atom. The Labute approximate surface area is 93.5 Å². The van der Waals surface area contributed by atoms with E-state index in [1.165, 1.54) is 31.7 Å².